The zero-order chi connectivity index (χ0) is 19.1. The number of rotatable bonds is 7. The number of carbonyl (C=O) groups excluding carboxylic acids is 2. The highest BCUT2D eigenvalue weighted by Gasteiger charge is 2.31. The number of ether oxygens (including phenoxy) is 2. The van der Waals surface area contributed by atoms with Crippen LogP contribution in [0, 0.1) is 5.92 Å². The predicted octanol–water partition coefficient (Wildman–Crippen LogP) is 2.04. The molecule has 1 aliphatic carbocycles. The third-order valence-corrected chi connectivity index (χ3v) is 5.44. The van der Waals surface area contributed by atoms with Crippen molar-refractivity contribution in [2.45, 2.75) is 64.5 Å². The van der Waals surface area contributed by atoms with E-state index in [1.165, 1.54) is 32.1 Å². The lowest BCUT2D eigenvalue weighted by molar-refractivity contribution is -0.145. The van der Waals surface area contributed by atoms with Crippen molar-refractivity contribution in [3.8, 4) is 0 Å². The van der Waals surface area contributed by atoms with Crippen molar-refractivity contribution < 1.29 is 19.1 Å². The van der Waals surface area contributed by atoms with E-state index in [-0.39, 0.29) is 24.3 Å². The average Bonchev–Trinajstić information content (AvgIpc) is 3.16. The Hall–Kier alpha value is -1.96. The number of amides is 1. The molecule has 0 unspecified atom stereocenters. The molecule has 1 saturated heterocycles. The number of hydrogen-bond donors (Lipinski definition) is 0. The second-order valence-corrected chi connectivity index (χ2v) is 7.40. The quantitative estimate of drug-likeness (QED) is 0.675. The van der Waals surface area contributed by atoms with E-state index in [0.717, 1.165) is 18.9 Å². The lowest BCUT2D eigenvalue weighted by atomic mass is 9.87. The summed E-state index contributed by atoms with van der Waals surface area (Å²) in [6.45, 7) is 4.12. The van der Waals surface area contributed by atoms with Crippen LogP contribution in [-0.4, -0.2) is 64.2 Å². The van der Waals surface area contributed by atoms with Gasteiger partial charge in [-0.3, -0.25) is 14.3 Å². The Balaban J connectivity index is 1.56. The molecule has 2 heterocycles. The summed E-state index contributed by atoms with van der Waals surface area (Å²) in [6.07, 6.45) is 9.53. The van der Waals surface area contributed by atoms with Crippen LogP contribution in [0.25, 0.3) is 0 Å². The third kappa shape index (κ3) is 5.51. The van der Waals surface area contributed by atoms with E-state index in [2.05, 4.69) is 10.3 Å². The molecule has 27 heavy (non-hydrogen) atoms. The molecular formula is C19H30N4O4. The van der Waals surface area contributed by atoms with Crippen LogP contribution in [0.3, 0.4) is 0 Å². The second-order valence-electron chi connectivity index (χ2n) is 7.40. The minimum Gasteiger partial charge on any atom is -0.466 e. The van der Waals surface area contributed by atoms with Gasteiger partial charge in [-0.1, -0.05) is 37.3 Å². The van der Waals surface area contributed by atoms with Crippen molar-refractivity contribution in [1.82, 2.24) is 19.9 Å². The highest BCUT2D eigenvalue weighted by molar-refractivity contribution is 5.92. The number of esters is 1. The molecule has 0 N–H and O–H groups in total. The molecule has 1 atom stereocenters. The van der Waals surface area contributed by atoms with Gasteiger partial charge >= 0.3 is 5.97 Å². The maximum absolute atomic E-state index is 12.9. The number of hydrogen-bond acceptors (Lipinski definition) is 6. The maximum Gasteiger partial charge on any atom is 0.307 e. The summed E-state index contributed by atoms with van der Waals surface area (Å²) in [5.74, 6) is 0.244. The lowest BCUT2D eigenvalue weighted by Gasteiger charge is -2.34. The Morgan fingerprint density at radius 2 is 2.11 bits per heavy atom. The van der Waals surface area contributed by atoms with Gasteiger partial charge in [-0.2, -0.15) is 0 Å². The largest absolute Gasteiger partial charge is 0.466 e. The molecule has 1 aromatic heterocycles. The molecule has 2 aliphatic rings. The van der Waals surface area contributed by atoms with Crippen LogP contribution in [0.2, 0.25) is 0 Å². The molecule has 0 spiro atoms. The van der Waals surface area contributed by atoms with E-state index in [1.807, 2.05) is 0 Å². The Morgan fingerprint density at radius 3 is 2.89 bits per heavy atom. The SMILES string of the molecule is CCOC(=O)C[C@H]1COCCN1C(=O)c1cn(CCC2CCCCC2)nn1. The van der Waals surface area contributed by atoms with Gasteiger partial charge in [0.2, 0.25) is 0 Å². The molecule has 2 fully saturated rings. The number of nitrogens with zero attached hydrogens (tertiary/aromatic N) is 4. The molecule has 0 bridgehead atoms. The molecular weight excluding hydrogens is 348 g/mol. The van der Waals surface area contributed by atoms with E-state index < -0.39 is 0 Å². The van der Waals surface area contributed by atoms with E-state index in [1.54, 1.807) is 22.7 Å². The summed E-state index contributed by atoms with van der Waals surface area (Å²) >= 11 is 0. The summed E-state index contributed by atoms with van der Waals surface area (Å²) in [4.78, 5) is 26.3. The van der Waals surface area contributed by atoms with Gasteiger partial charge in [-0.05, 0) is 19.3 Å². The monoisotopic (exact) mass is 378 g/mol. The zero-order valence-corrected chi connectivity index (χ0v) is 16.1. The smallest absolute Gasteiger partial charge is 0.307 e. The molecule has 1 amide bonds. The topological polar surface area (TPSA) is 86.5 Å². The molecule has 150 valence electrons. The molecule has 0 aromatic carbocycles. The first kappa shape index (κ1) is 19.8. The van der Waals surface area contributed by atoms with Gasteiger partial charge in [-0.15, -0.1) is 5.10 Å². The van der Waals surface area contributed by atoms with Crippen LogP contribution < -0.4 is 0 Å². The summed E-state index contributed by atoms with van der Waals surface area (Å²) in [6, 6.07) is -0.322. The second kappa shape index (κ2) is 9.82. The molecule has 1 saturated carbocycles. The standard InChI is InChI=1S/C19H30N4O4/c1-2-27-18(24)12-16-14-26-11-10-23(16)19(25)17-13-22(21-20-17)9-8-15-6-4-3-5-7-15/h13,15-16H,2-12,14H2,1H3/t16-/m0/s1. The molecule has 8 heteroatoms. The van der Waals surface area contributed by atoms with Crippen LogP contribution in [0.15, 0.2) is 6.20 Å². The minimum atomic E-state index is -0.322. The number of carbonyl (C=O) groups is 2. The van der Waals surface area contributed by atoms with Gasteiger partial charge in [0.25, 0.3) is 5.91 Å². The summed E-state index contributed by atoms with van der Waals surface area (Å²) in [5.41, 5.74) is 0.328. The van der Waals surface area contributed by atoms with Crippen LogP contribution >= 0.6 is 0 Å². The fourth-order valence-electron chi connectivity index (χ4n) is 3.95. The van der Waals surface area contributed by atoms with Crippen molar-refractivity contribution in [2.75, 3.05) is 26.4 Å². The van der Waals surface area contributed by atoms with Crippen molar-refractivity contribution in [1.29, 1.82) is 0 Å². The van der Waals surface area contributed by atoms with Crippen molar-refractivity contribution in [2.24, 2.45) is 5.92 Å². The minimum absolute atomic E-state index is 0.134. The first-order chi connectivity index (χ1) is 13.2. The summed E-state index contributed by atoms with van der Waals surface area (Å²) in [7, 11) is 0. The van der Waals surface area contributed by atoms with Gasteiger partial charge in [0.1, 0.15) is 0 Å². The fraction of sp³-hybridized carbons (Fsp3) is 0.789. The zero-order valence-electron chi connectivity index (χ0n) is 16.1. The van der Waals surface area contributed by atoms with Gasteiger partial charge < -0.3 is 14.4 Å². The van der Waals surface area contributed by atoms with Crippen molar-refractivity contribution in [3.63, 3.8) is 0 Å². The number of aryl methyl sites for hydroxylation is 1. The Kier molecular flexibility index (Phi) is 7.20. The number of morpholine rings is 1. The molecule has 0 radical (unpaired) electrons. The first-order valence-corrected chi connectivity index (χ1v) is 10.1. The maximum atomic E-state index is 12.9. The van der Waals surface area contributed by atoms with Gasteiger partial charge in [0.05, 0.1) is 38.5 Å². The van der Waals surface area contributed by atoms with Gasteiger partial charge in [0.15, 0.2) is 5.69 Å². The fourth-order valence-corrected chi connectivity index (χ4v) is 3.95. The number of aromatic nitrogens is 3. The summed E-state index contributed by atoms with van der Waals surface area (Å²) < 4.78 is 12.2. The highest BCUT2D eigenvalue weighted by atomic mass is 16.5. The Labute approximate surface area is 160 Å². The van der Waals surface area contributed by atoms with Crippen molar-refractivity contribution in [3.05, 3.63) is 11.9 Å². The van der Waals surface area contributed by atoms with Crippen LogP contribution in [0.4, 0.5) is 0 Å². The van der Waals surface area contributed by atoms with E-state index in [4.69, 9.17) is 9.47 Å². The van der Waals surface area contributed by atoms with Crippen LogP contribution in [-0.2, 0) is 20.8 Å². The van der Waals surface area contributed by atoms with Gasteiger partial charge in [0, 0.05) is 13.1 Å². The Morgan fingerprint density at radius 1 is 1.30 bits per heavy atom. The molecule has 1 aromatic rings. The van der Waals surface area contributed by atoms with Crippen LogP contribution in [0.5, 0.6) is 0 Å². The van der Waals surface area contributed by atoms with Crippen molar-refractivity contribution >= 4 is 11.9 Å². The summed E-state index contributed by atoms with van der Waals surface area (Å²) in [5, 5.41) is 8.20. The lowest BCUT2D eigenvalue weighted by Crippen LogP contribution is -2.49. The molecule has 1 aliphatic heterocycles. The van der Waals surface area contributed by atoms with E-state index in [0.29, 0.717) is 32.1 Å². The average molecular weight is 378 g/mol. The molecule has 3 rings (SSSR count). The highest BCUT2D eigenvalue weighted by Crippen LogP contribution is 2.26. The molecule has 8 nitrogen and oxygen atoms in total. The van der Waals surface area contributed by atoms with E-state index in [9.17, 15) is 9.59 Å². The predicted molar refractivity (Wildman–Crippen MR) is 98.1 cm³/mol. The third-order valence-electron chi connectivity index (χ3n) is 5.44. The normalized spacial score (nSPS) is 21.2. The first-order valence-electron chi connectivity index (χ1n) is 10.1. The van der Waals surface area contributed by atoms with Crippen LogP contribution in [0.1, 0.15) is 62.4 Å². The van der Waals surface area contributed by atoms with E-state index >= 15 is 0 Å². The Bertz CT molecular complexity index is 627. The van der Waals surface area contributed by atoms with Gasteiger partial charge in [-0.25, -0.2) is 0 Å².